The van der Waals surface area contributed by atoms with E-state index in [9.17, 15) is 9.59 Å². The lowest BCUT2D eigenvalue weighted by molar-refractivity contribution is -0.119. The Kier molecular flexibility index (Phi) is 7.48. The second-order valence-corrected chi connectivity index (χ2v) is 6.21. The van der Waals surface area contributed by atoms with Crippen LogP contribution in [-0.2, 0) is 16.0 Å². The number of nitrogens with one attached hydrogen (secondary N) is 1. The number of carbonyl (C=O) groups is 2. The zero-order chi connectivity index (χ0) is 18.9. The zero-order valence-corrected chi connectivity index (χ0v) is 15.6. The molecule has 0 atom stereocenters. The van der Waals surface area contributed by atoms with Crippen molar-refractivity contribution in [1.29, 1.82) is 0 Å². The van der Waals surface area contributed by atoms with Crippen LogP contribution in [0.5, 0.6) is 5.75 Å². The summed E-state index contributed by atoms with van der Waals surface area (Å²) in [6.45, 7) is 1.75. The molecule has 2 aromatic rings. The molecule has 0 bridgehead atoms. The SMILES string of the molecule is CCCCc1ccc(NC(=O)COC(=O)c2cc(Cl)ccc2OC)cc1. The van der Waals surface area contributed by atoms with Crippen molar-refractivity contribution in [2.75, 3.05) is 19.0 Å². The molecule has 1 amide bonds. The Balaban J connectivity index is 1.88. The Morgan fingerprint density at radius 1 is 1.12 bits per heavy atom. The van der Waals surface area contributed by atoms with Crippen LogP contribution in [0.3, 0.4) is 0 Å². The third-order valence-electron chi connectivity index (χ3n) is 3.77. The highest BCUT2D eigenvalue weighted by molar-refractivity contribution is 6.31. The van der Waals surface area contributed by atoms with Crippen LogP contribution in [0.1, 0.15) is 35.7 Å². The molecule has 6 heteroatoms. The predicted octanol–water partition coefficient (Wildman–Crippen LogP) is 4.49. The first-order valence-electron chi connectivity index (χ1n) is 8.43. The van der Waals surface area contributed by atoms with Gasteiger partial charge in [-0.2, -0.15) is 0 Å². The molecule has 5 nitrogen and oxygen atoms in total. The highest BCUT2D eigenvalue weighted by atomic mass is 35.5. The van der Waals surface area contributed by atoms with E-state index in [2.05, 4.69) is 12.2 Å². The number of unbranched alkanes of at least 4 members (excludes halogenated alkanes) is 1. The van der Waals surface area contributed by atoms with Crippen LogP contribution in [0.2, 0.25) is 5.02 Å². The highest BCUT2D eigenvalue weighted by Crippen LogP contribution is 2.23. The molecular weight excluding hydrogens is 354 g/mol. The van der Waals surface area contributed by atoms with Gasteiger partial charge in [-0.05, 0) is 48.7 Å². The van der Waals surface area contributed by atoms with E-state index in [1.807, 2.05) is 24.3 Å². The lowest BCUT2D eigenvalue weighted by atomic mass is 10.1. The lowest BCUT2D eigenvalue weighted by Gasteiger charge is -2.10. The summed E-state index contributed by atoms with van der Waals surface area (Å²) in [5, 5.41) is 3.08. The van der Waals surface area contributed by atoms with E-state index in [1.165, 1.54) is 18.7 Å². The summed E-state index contributed by atoms with van der Waals surface area (Å²) in [6, 6.07) is 12.3. The maximum Gasteiger partial charge on any atom is 0.342 e. The number of carbonyl (C=O) groups excluding carboxylic acids is 2. The van der Waals surface area contributed by atoms with Gasteiger partial charge in [0.15, 0.2) is 6.61 Å². The minimum atomic E-state index is -0.672. The first-order chi connectivity index (χ1) is 12.5. The number of hydrogen-bond acceptors (Lipinski definition) is 4. The molecule has 0 radical (unpaired) electrons. The molecule has 2 rings (SSSR count). The monoisotopic (exact) mass is 375 g/mol. The van der Waals surface area contributed by atoms with E-state index in [1.54, 1.807) is 12.1 Å². The Bertz CT molecular complexity index is 759. The van der Waals surface area contributed by atoms with Gasteiger partial charge in [-0.3, -0.25) is 4.79 Å². The summed E-state index contributed by atoms with van der Waals surface area (Å²) >= 11 is 5.89. The number of hydrogen-bond donors (Lipinski definition) is 1. The summed E-state index contributed by atoms with van der Waals surface area (Å²) in [6.07, 6.45) is 3.29. The van der Waals surface area contributed by atoms with Crippen molar-refractivity contribution < 1.29 is 19.1 Å². The molecule has 0 heterocycles. The van der Waals surface area contributed by atoms with E-state index in [4.69, 9.17) is 21.1 Å². The largest absolute Gasteiger partial charge is 0.496 e. The zero-order valence-electron chi connectivity index (χ0n) is 14.9. The second kappa shape index (κ2) is 9.82. The molecule has 0 spiro atoms. The number of ether oxygens (including phenoxy) is 2. The predicted molar refractivity (Wildman–Crippen MR) is 102 cm³/mol. The fourth-order valence-electron chi connectivity index (χ4n) is 2.38. The molecule has 2 aromatic carbocycles. The van der Waals surface area contributed by atoms with Gasteiger partial charge in [0, 0.05) is 10.7 Å². The van der Waals surface area contributed by atoms with Crippen molar-refractivity contribution in [3.8, 4) is 5.75 Å². The van der Waals surface area contributed by atoms with Gasteiger partial charge >= 0.3 is 5.97 Å². The van der Waals surface area contributed by atoms with Gasteiger partial charge in [0.25, 0.3) is 5.91 Å². The average molecular weight is 376 g/mol. The summed E-state index contributed by atoms with van der Waals surface area (Å²) in [4.78, 5) is 24.1. The van der Waals surface area contributed by atoms with Gasteiger partial charge in [0.05, 0.1) is 7.11 Å². The topological polar surface area (TPSA) is 64.6 Å². The van der Waals surface area contributed by atoms with E-state index in [0.29, 0.717) is 16.5 Å². The van der Waals surface area contributed by atoms with Gasteiger partial charge in [-0.25, -0.2) is 4.79 Å². The Labute approximate surface area is 158 Å². The van der Waals surface area contributed by atoms with Crippen LogP contribution in [0.15, 0.2) is 42.5 Å². The molecular formula is C20H22ClNO4. The van der Waals surface area contributed by atoms with Gasteiger partial charge in [-0.15, -0.1) is 0 Å². The fraction of sp³-hybridized carbons (Fsp3) is 0.300. The standard InChI is InChI=1S/C20H22ClNO4/c1-3-4-5-14-6-9-16(10-7-14)22-19(23)13-26-20(24)17-12-15(21)8-11-18(17)25-2/h6-12H,3-5,13H2,1-2H3,(H,22,23). The van der Waals surface area contributed by atoms with Crippen LogP contribution in [0.4, 0.5) is 5.69 Å². The van der Waals surface area contributed by atoms with Gasteiger partial charge in [0.2, 0.25) is 0 Å². The number of amides is 1. The molecule has 26 heavy (non-hydrogen) atoms. The summed E-state index contributed by atoms with van der Waals surface area (Å²) in [5.74, 6) is -0.752. The van der Waals surface area contributed by atoms with Crippen molar-refractivity contribution in [1.82, 2.24) is 0 Å². The maximum absolute atomic E-state index is 12.1. The molecule has 0 saturated heterocycles. The minimum absolute atomic E-state index is 0.174. The molecule has 0 fully saturated rings. The Morgan fingerprint density at radius 3 is 2.50 bits per heavy atom. The summed E-state index contributed by atoms with van der Waals surface area (Å²) in [5.41, 5.74) is 2.06. The first kappa shape index (κ1) is 19.8. The Morgan fingerprint density at radius 2 is 1.85 bits per heavy atom. The molecule has 0 unspecified atom stereocenters. The number of anilines is 1. The average Bonchev–Trinajstić information content (AvgIpc) is 2.65. The molecule has 0 aromatic heterocycles. The van der Waals surface area contributed by atoms with Crippen molar-refractivity contribution >= 4 is 29.2 Å². The smallest absolute Gasteiger partial charge is 0.342 e. The quantitative estimate of drug-likeness (QED) is 0.690. The van der Waals surface area contributed by atoms with E-state index in [0.717, 1.165) is 19.3 Å². The van der Waals surface area contributed by atoms with Crippen LogP contribution in [-0.4, -0.2) is 25.6 Å². The van der Waals surface area contributed by atoms with Gasteiger partial charge < -0.3 is 14.8 Å². The third kappa shape index (κ3) is 5.77. The van der Waals surface area contributed by atoms with Crippen molar-refractivity contribution in [2.45, 2.75) is 26.2 Å². The number of rotatable bonds is 8. The number of benzene rings is 2. The van der Waals surface area contributed by atoms with Crippen molar-refractivity contribution in [3.63, 3.8) is 0 Å². The van der Waals surface area contributed by atoms with Crippen LogP contribution >= 0.6 is 11.6 Å². The molecule has 0 saturated carbocycles. The third-order valence-corrected chi connectivity index (χ3v) is 4.01. The van der Waals surface area contributed by atoms with Gasteiger partial charge in [0.1, 0.15) is 11.3 Å². The number of halogens is 1. The fourth-order valence-corrected chi connectivity index (χ4v) is 2.55. The molecule has 138 valence electrons. The Hall–Kier alpha value is -2.53. The van der Waals surface area contributed by atoms with Crippen molar-refractivity contribution in [2.24, 2.45) is 0 Å². The van der Waals surface area contributed by atoms with E-state index < -0.39 is 18.5 Å². The summed E-state index contributed by atoms with van der Waals surface area (Å²) < 4.78 is 10.1. The second-order valence-electron chi connectivity index (χ2n) is 5.77. The molecule has 0 aliphatic rings. The molecule has 0 aliphatic heterocycles. The molecule has 1 N–H and O–H groups in total. The van der Waals surface area contributed by atoms with Crippen LogP contribution in [0, 0.1) is 0 Å². The van der Waals surface area contributed by atoms with Gasteiger partial charge in [-0.1, -0.05) is 37.1 Å². The maximum atomic E-state index is 12.1. The number of methoxy groups -OCH3 is 1. The van der Waals surface area contributed by atoms with Crippen molar-refractivity contribution in [3.05, 3.63) is 58.6 Å². The highest BCUT2D eigenvalue weighted by Gasteiger charge is 2.16. The van der Waals surface area contributed by atoms with E-state index in [-0.39, 0.29) is 5.56 Å². The number of aryl methyl sites for hydroxylation is 1. The molecule has 0 aliphatic carbocycles. The van der Waals surface area contributed by atoms with Crippen LogP contribution in [0.25, 0.3) is 0 Å². The lowest BCUT2D eigenvalue weighted by Crippen LogP contribution is -2.21. The normalized spacial score (nSPS) is 10.3. The first-order valence-corrected chi connectivity index (χ1v) is 8.80. The van der Waals surface area contributed by atoms with E-state index >= 15 is 0 Å². The summed E-state index contributed by atoms with van der Waals surface area (Å²) in [7, 11) is 1.44. The minimum Gasteiger partial charge on any atom is -0.496 e. The van der Waals surface area contributed by atoms with Crippen LogP contribution < -0.4 is 10.1 Å². The number of esters is 1.